The van der Waals surface area contributed by atoms with Gasteiger partial charge in [0, 0.05) is 11.6 Å². The fourth-order valence-corrected chi connectivity index (χ4v) is 2.32. The minimum atomic E-state index is -0.700. The number of primary amides is 1. The zero-order chi connectivity index (χ0) is 15.0. The summed E-state index contributed by atoms with van der Waals surface area (Å²) in [4.78, 5) is 22.9. The summed E-state index contributed by atoms with van der Waals surface area (Å²) in [7, 11) is 0. The Hall–Kier alpha value is -1.40. The number of urea groups is 1. The summed E-state index contributed by atoms with van der Waals surface area (Å²) in [5, 5.41) is 5.83. The summed E-state index contributed by atoms with van der Waals surface area (Å²) >= 11 is 7.47. The van der Waals surface area contributed by atoms with Gasteiger partial charge in [-0.1, -0.05) is 23.7 Å². The summed E-state index contributed by atoms with van der Waals surface area (Å²) in [5.74, 6) is 0.507. The van der Waals surface area contributed by atoms with Crippen molar-refractivity contribution in [3.8, 4) is 0 Å². The number of nitrogens with one attached hydrogen (secondary N) is 2. The molecule has 1 atom stereocenters. The Morgan fingerprint density at radius 3 is 2.80 bits per heavy atom. The normalized spacial score (nSPS) is 11.7. The van der Waals surface area contributed by atoms with Gasteiger partial charge in [0.25, 0.3) is 0 Å². The Labute approximate surface area is 127 Å². The predicted molar refractivity (Wildman–Crippen MR) is 82.8 cm³/mol. The smallest absolute Gasteiger partial charge is 0.312 e. The first-order valence-electron chi connectivity index (χ1n) is 6.10. The molecule has 0 saturated heterocycles. The number of carbonyl (C=O) groups is 2. The molecule has 5 nitrogen and oxygen atoms in total. The number of hydrogen-bond donors (Lipinski definition) is 3. The molecule has 0 bridgehead atoms. The van der Waals surface area contributed by atoms with Gasteiger partial charge in [-0.3, -0.25) is 4.79 Å². The number of hydrogen-bond acceptors (Lipinski definition) is 3. The highest BCUT2D eigenvalue weighted by Gasteiger charge is 2.18. The number of rotatable bonds is 7. The van der Waals surface area contributed by atoms with Gasteiger partial charge >= 0.3 is 6.03 Å². The molecule has 110 valence electrons. The van der Waals surface area contributed by atoms with Gasteiger partial charge in [0.15, 0.2) is 0 Å². The SMILES string of the molecule is CSCC[C@H](NC(N)=O)C(=O)NCc1cccc(Cl)c1. The van der Waals surface area contributed by atoms with Crippen molar-refractivity contribution < 1.29 is 9.59 Å². The van der Waals surface area contributed by atoms with Gasteiger partial charge in [0.1, 0.15) is 6.04 Å². The maximum atomic E-state index is 12.0. The van der Waals surface area contributed by atoms with E-state index in [1.165, 1.54) is 0 Å². The van der Waals surface area contributed by atoms with Crippen LogP contribution in [0, 0.1) is 0 Å². The van der Waals surface area contributed by atoms with Gasteiger partial charge < -0.3 is 16.4 Å². The van der Waals surface area contributed by atoms with Crippen LogP contribution in [0.3, 0.4) is 0 Å². The second-order valence-corrected chi connectivity index (χ2v) is 5.61. The van der Waals surface area contributed by atoms with E-state index in [-0.39, 0.29) is 5.91 Å². The van der Waals surface area contributed by atoms with Crippen LogP contribution in [-0.2, 0) is 11.3 Å². The molecule has 0 unspecified atom stereocenters. The van der Waals surface area contributed by atoms with E-state index in [1.807, 2.05) is 18.4 Å². The van der Waals surface area contributed by atoms with Crippen molar-refractivity contribution in [2.75, 3.05) is 12.0 Å². The van der Waals surface area contributed by atoms with E-state index in [0.29, 0.717) is 18.0 Å². The lowest BCUT2D eigenvalue weighted by Gasteiger charge is -2.16. The molecule has 0 radical (unpaired) electrons. The van der Waals surface area contributed by atoms with E-state index in [4.69, 9.17) is 17.3 Å². The first-order valence-corrected chi connectivity index (χ1v) is 7.87. The van der Waals surface area contributed by atoms with Crippen molar-refractivity contribution in [2.45, 2.75) is 19.0 Å². The highest BCUT2D eigenvalue weighted by Crippen LogP contribution is 2.10. The number of carbonyl (C=O) groups excluding carboxylic acids is 2. The molecule has 3 amide bonds. The molecule has 0 aliphatic rings. The number of benzene rings is 1. The molecule has 20 heavy (non-hydrogen) atoms. The first kappa shape index (κ1) is 16.7. The van der Waals surface area contributed by atoms with E-state index in [2.05, 4.69) is 10.6 Å². The minimum Gasteiger partial charge on any atom is -0.352 e. The third-order valence-corrected chi connectivity index (χ3v) is 3.48. The lowest BCUT2D eigenvalue weighted by atomic mass is 10.2. The van der Waals surface area contributed by atoms with E-state index in [9.17, 15) is 9.59 Å². The van der Waals surface area contributed by atoms with Gasteiger partial charge in [-0.25, -0.2) is 4.79 Å². The fourth-order valence-electron chi connectivity index (χ4n) is 1.64. The lowest BCUT2D eigenvalue weighted by Crippen LogP contribution is -2.48. The molecular weight excluding hydrogens is 298 g/mol. The van der Waals surface area contributed by atoms with Crippen molar-refractivity contribution in [3.05, 3.63) is 34.9 Å². The fraction of sp³-hybridized carbons (Fsp3) is 0.385. The standard InChI is InChI=1S/C13H18ClN3O2S/c1-20-6-5-11(17-13(15)19)12(18)16-8-9-3-2-4-10(14)7-9/h2-4,7,11H,5-6,8H2,1H3,(H,16,18)(H3,15,17,19)/t11-/m0/s1. The Morgan fingerprint density at radius 2 is 2.20 bits per heavy atom. The molecule has 1 aromatic rings. The second kappa shape index (κ2) is 8.71. The van der Waals surface area contributed by atoms with Crippen molar-refractivity contribution >= 4 is 35.3 Å². The van der Waals surface area contributed by atoms with Crippen molar-refractivity contribution in [2.24, 2.45) is 5.73 Å². The predicted octanol–water partition coefficient (Wildman–Crippen LogP) is 1.75. The number of thioether (sulfide) groups is 1. The molecule has 0 spiro atoms. The monoisotopic (exact) mass is 315 g/mol. The Kier molecular flexibility index (Phi) is 7.25. The van der Waals surface area contributed by atoms with E-state index in [0.717, 1.165) is 11.3 Å². The van der Waals surface area contributed by atoms with Gasteiger partial charge in [-0.2, -0.15) is 11.8 Å². The Morgan fingerprint density at radius 1 is 1.45 bits per heavy atom. The molecule has 0 fully saturated rings. The third-order valence-electron chi connectivity index (χ3n) is 2.60. The summed E-state index contributed by atoms with van der Waals surface area (Å²) < 4.78 is 0. The highest BCUT2D eigenvalue weighted by molar-refractivity contribution is 7.98. The lowest BCUT2D eigenvalue weighted by molar-refractivity contribution is -0.123. The summed E-state index contributed by atoms with van der Waals surface area (Å²) in [6, 6.07) is 5.91. The van der Waals surface area contributed by atoms with Crippen LogP contribution in [0.15, 0.2) is 24.3 Å². The van der Waals surface area contributed by atoms with Crippen LogP contribution >= 0.6 is 23.4 Å². The van der Waals surface area contributed by atoms with Crippen molar-refractivity contribution in [1.29, 1.82) is 0 Å². The van der Waals surface area contributed by atoms with E-state index in [1.54, 1.807) is 23.9 Å². The zero-order valence-electron chi connectivity index (χ0n) is 11.2. The molecule has 1 aromatic carbocycles. The van der Waals surface area contributed by atoms with Crippen LogP contribution < -0.4 is 16.4 Å². The molecule has 0 aromatic heterocycles. The minimum absolute atomic E-state index is 0.252. The number of amides is 3. The average Bonchev–Trinajstić information content (AvgIpc) is 2.40. The van der Waals surface area contributed by atoms with E-state index < -0.39 is 12.1 Å². The van der Waals surface area contributed by atoms with Crippen LogP contribution in [0.2, 0.25) is 5.02 Å². The third kappa shape index (κ3) is 6.16. The summed E-state index contributed by atoms with van der Waals surface area (Å²) in [6.07, 6.45) is 2.47. The van der Waals surface area contributed by atoms with Gasteiger partial charge in [0.2, 0.25) is 5.91 Å². The quantitative estimate of drug-likeness (QED) is 0.716. The topological polar surface area (TPSA) is 84.2 Å². The number of nitrogens with two attached hydrogens (primary N) is 1. The molecule has 0 aliphatic carbocycles. The van der Waals surface area contributed by atoms with Crippen LogP contribution in [-0.4, -0.2) is 30.0 Å². The Bertz CT molecular complexity index is 471. The number of halogens is 1. The summed E-state index contributed by atoms with van der Waals surface area (Å²) in [5.41, 5.74) is 5.97. The van der Waals surface area contributed by atoms with Gasteiger partial charge in [-0.05, 0) is 36.1 Å². The van der Waals surface area contributed by atoms with Crippen LogP contribution in [0.25, 0.3) is 0 Å². The van der Waals surface area contributed by atoms with Gasteiger partial charge in [-0.15, -0.1) is 0 Å². The molecular formula is C13H18ClN3O2S. The molecule has 1 rings (SSSR count). The van der Waals surface area contributed by atoms with Crippen LogP contribution in [0.5, 0.6) is 0 Å². The van der Waals surface area contributed by atoms with Crippen molar-refractivity contribution in [3.63, 3.8) is 0 Å². The highest BCUT2D eigenvalue weighted by atomic mass is 35.5. The largest absolute Gasteiger partial charge is 0.352 e. The Balaban J connectivity index is 2.54. The van der Waals surface area contributed by atoms with Gasteiger partial charge in [0.05, 0.1) is 0 Å². The first-order chi connectivity index (χ1) is 9.52. The molecule has 0 heterocycles. The summed E-state index contributed by atoms with van der Waals surface area (Å²) in [6.45, 7) is 0.357. The zero-order valence-corrected chi connectivity index (χ0v) is 12.8. The molecule has 0 saturated carbocycles. The van der Waals surface area contributed by atoms with Crippen LogP contribution in [0.4, 0.5) is 4.79 Å². The molecule has 4 N–H and O–H groups in total. The maximum Gasteiger partial charge on any atom is 0.312 e. The van der Waals surface area contributed by atoms with Crippen molar-refractivity contribution in [1.82, 2.24) is 10.6 Å². The van der Waals surface area contributed by atoms with Crippen LogP contribution in [0.1, 0.15) is 12.0 Å². The molecule has 7 heteroatoms. The van der Waals surface area contributed by atoms with E-state index >= 15 is 0 Å². The maximum absolute atomic E-state index is 12.0. The molecule has 0 aliphatic heterocycles. The average molecular weight is 316 g/mol. The second-order valence-electron chi connectivity index (χ2n) is 4.19.